The molecule has 88 valence electrons. The van der Waals surface area contributed by atoms with E-state index in [1.54, 1.807) is 0 Å². The first-order chi connectivity index (χ1) is 8.24. The topological polar surface area (TPSA) is 41.6 Å². The Morgan fingerprint density at radius 3 is 2.59 bits per heavy atom. The first-order valence-electron chi connectivity index (χ1n) is 5.63. The summed E-state index contributed by atoms with van der Waals surface area (Å²) in [7, 11) is 0. The first kappa shape index (κ1) is 12.0. The number of aromatic amines is 1. The molecule has 0 aliphatic rings. The molecule has 3 aromatic rings. The van der Waals surface area contributed by atoms with Gasteiger partial charge in [-0.1, -0.05) is 13.8 Å². The molecule has 0 bridgehead atoms. The Kier molecular flexibility index (Phi) is 3.43. The predicted molar refractivity (Wildman–Crippen MR) is 75.2 cm³/mol. The third-order valence-corrected chi connectivity index (χ3v) is 2.87. The molecule has 0 atom stereocenters. The van der Waals surface area contributed by atoms with Gasteiger partial charge >= 0.3 is 0 Å². The van der Waals surface area contributed by atoms with E-state index in [1.165, 1.54) is 0 Å². The maximum Gasteiger partial charge on any atom is 0.138 e. The van der Waals surface area contributed by atoms with Gasteiger partial charge in [-0.25, -0.2) is 9.97 Å². The van der Waals surface area contributed by atoms with Gasteiger partial charge in [0.1, 0.15) is 10.3 Å². The van der Waals surface area contributed by atoms with Crippen molar-refractivity contribution < 1.29 is 0 Å². The Morgan fingerprint density at radius 2 is 1.82 bits per heavy atom. The summed E-state index contributed by atoms with van der Waals surface area (Å²) in [6, 6.07) is 4.14. The average molecular weight is 292 g/mol. The summed E-state index contributed by atoms with van der Waals surface area (Å²) in [6.07, 6.45) is 3.68. The summed E-state index contributed by atoms with van der Waals surface area (Å²) >= 11 is 3.38. The number of hydrogen-bond donors (Lipinski definition) is 1. The normalized spacial score (nSPS) is 10.4. The number of halogens is 1. The lowest BCUT2D eigenvalue weighted by atomic mass is 10.2. The van der Waals surface area contributed by atoms with Crippen molar-refractivity contribution in [1.29, 1.82) is 0 Å². The van der Waals surface area contributed by atoms with Crippen LogP contribution in [-0.2, 0) is 0 Å². The largest absolute Gasteiger partial charge is 0.338 e. The molecule has 3 heterocycles. The summed E-state index contributed by atoms with van der Waals surface area (Å²) in [5.74, 6) is 0. The smallest absolute Gasteiger partial charge is 0.138 e. The molecular weight excluding hydrogens is 278 g/mol. The van der Waals surface area contributed by atoms with Crippen molar-refractivity contribution in [2.75, 3.05) is 0 Å². The van der Waals surface area contributed by atoms with E-state index in [-0.39, 0.29) is 0 Å². The standard InChI is InChI=1S/C11H8BrN3.C2H6/c1-6-2-8-7-3-10(12)13-5-9(7)15-11(8)14-4-6;1-2/h2-5H,1H3,(H,14,15);1-2H3. The zero-order valence-electron chi connectivity index (χ0n) is 10.1. The number of nitrogens with one attached hydrogen (secondary N) is 1. The van der Waals surface area contributed by atoms with Crippen LogP contribution in [0.3, 0.4) is 0 Å². The summed E-state index contributed by atoms with van der Waals surface area (Å²) < 4.78 is 0.845. The Balaban J connectivity index is 0.000000514. The quantitative estimate of drug-likeness (QED) is 0.631. The Labute approximate surface area is 108 Å². The van der Waals surface area contributed by atoms with Crippen LogP contribution in [0.2, 0.25) is 0 Å². The predicted octanol–water partition coefficient (Wildman–Crippen LogP) is 4.21. The molecule has 0 radical (unpaired) electrons. The van der Waals surface area contributed by atoms with Crippen molar-refractivity contribution in [3.63, 3.8) is 0 Å². The highest BCUT2D eigenvalue weighted by Gasteiger charge is 2.05. The minimum absolute atomic E-state index is 0.845. The molecule has 0 spiro atoms. The number of hydrogen-bond acceptors (Lipinski definition) is 2. The van der Waals surface area contributed by atoms with Crippen molar-refractivity contribution in [2.24, 2.45) is 0 Å². The third kappa shape index (κ3) is 2.17. The van der Waals surface area contributed by atoms with Crippen molar-refractivity contribution in [2.45, 2.75) is 20.8 Å². The summed E-state index contributed by atoms with van der Waals surface area (Å²) in [5, 5.41) is 2.30. The molecular formula is C13H14BrN3. The van der Waals surface area contributed by atoms with Crippen LogP contribution in [0.4, 0.5) is 0 Å². The summed E-state index contributed by atoms with van der Waals surface area (Å²) in [4.78, 5) is 11.8. The van der Waals surface area contributed by atoms with E-state index in [4.69, 9.17) is 0 Å². The van der Waals surface area contributed by atoms with Crippen LogP contribution in [0.1, 0.15) is 19.4 Å². The molecule has 3 rings (SSSR count). The van der Waals surface area contributed by atoms with Gasteiger partial charge < -0.3 is 4.98 Å². The van der Waals surface area contributed by atoms with Crippen LogP contribution in [0.15, 0.2) is 29.1 Å². The number of nitrogens with zero attached hydrogens (tertiary/aromatic N) is 2. The number of pyridine rings is 2. The van der Waals surface area contributed by atoms with Gasteiger partial charge in [0.15, 0.2) is 0 Å². The van der Waals surface area contributed by atoms with Crippen molar-refractivity contribution in [1.82, 2.24) is 15.0 Å². The molecule has 0 aliphatic heterocycles. The highest BCUT2D eigenvalue weighted by atomic mass is 79.9. The first-order valence-corrected chi connectivity index (χ1v) is 6.43. The monoisotopic (exact) mass is 291 g/mol. The number of rotatable bonds is 0. The zero-order valence-corrected chi connectivity index (χ0v) is 11.7. The highest BCUT2D eigenvalue weighted by Crippen LogP contribution is 2.25. The SMILES string of the molecule is CC.Cc1cnc2[nH]c3cnc(Br)cc3c2c1. The van der Waals surface area contributed by atoms with Crippen molar-refractivity contribution in [3.05, 3.63) is 34.7 Å². The fraction of sp³-hybridized carbons (Fsp3) is 0.231. The molecule has 0 aliphatic carbocycles. The molecule has 17 heavy (non-hydrogen) atoms. The molecule has 4 heteroatoms. The van der Waals surface area contributed by atoms with Gasteiger partial charge in [-0.15, -0.1) is 0 Å². The van der Waals surface area contributed by atoms with Crippen LogP contribution in [0.25, 0.3) is 21.9 Å². The third-order valence-electron chi connectivity index (χ3n) is 2.44. The van der Waals surface area contributed by atoms with E-state index < -0.39 is 0 Å². The van der Waals surface area contributed by atoms with Gasteiger partial charge in [0.25, 0.3) is 0 Å². The zero-order chi connectivity index (χ0) is 12.4. The van der Waals surface area contributed by atoms with E-state index in [9.17, 15) is 0 Å². The number of aryl methyl sites for hydroxylation is 1. The van der Waals surface area contributed by atoms with Gasteiger partial charge in [-0.05, 0) is 40.5 Å². The highest BCUT2D eigenvalue weighted by molar-refractivity contribution is 9.10. The molecule has 1 N–H and O–H groups in total. The summed E-state index contributed by atoms with van der Waals surface area (Å²) in [5.41, 5.74) is 3.10. The lowest BCUT2D eigenvalue weighted by Gasteiger charge is -1.93. The van der Waals surface area contributed by atoms with Crippen LogP contribution >= 0.6 is 15.9 Å². The fourth-order valence-corrected chi connectivity index (χ4v) is 2.09. The number of fused-ring (bicyclic) bond motifs is 3. The fourth-order valence-electron chi connectivity index (χ4n) is 1.75. The minimum Gasteiger partial charge on any atom is -0.338 e. The van der Waals surface area contributed by atoms with Crippen molar-refractivity contribution >= 4 is 37.9 Å². The second-order valence-corrected chi connectivity index (χ2v) is 4.40. The maximum absolute atomic E-state index is 4.35. The second-order valence-electron chi connectivity index (χ2n) is 3.59. The Bertz CT molecular complexity index is 602. The van der Waals surface area contributed by atoms with Crippen LogP contribution in [0, 0.1) is 6.92 Å². The van der Waals surface area contributed by atoms with Gasteiger partial charge in [-0.2, -0.15) is 0 Å². The molecule has 0 amide bonds. The summed E-state index contributed by atoms with van der Waals surface area (Å²) in [6.45, 7) is 6.04. The van der Waals surface area contributed by atoms with Gasteiger partial charge in [-0.3, -0.25) is 0 Å². The molecule has 0 saturated heterocycles. The molecule has 0 unspecified atom stereocenters. The van der Waals surface area contributed by atoms with E-state index in [0.717, 1.165) is 32.1 Å². The second kappa shape index (κ2) is 4.84. The van der Waals surface area contributed by atoms with Gasteiger partial charge in [0.05, 0.1) is 11.7 Å². The van der Waals surface area contributed by atoms with E-state index in [1.807, 2.05) is 39.2 Å². The van der Waals surface area contributed by atoms with Gasteiger partial charge in [0.2, 0.25) is 0 Å². The molecule has 3 aromatic heterocycles. The molecule has 3 nitrogen and oxygen atoms in total. The van der Waals surface area contributed by atoms with E-state index in [0.29, 0.717) is 0 Å². The Hall–Kier alpha value is -1.42. The lowest BCUT2D eigenvalue weighted by molar-refractivity contribution is 1.28. The molecule has 0 aromatic carbocycles. The van der Waals surface area contributed by atoms with Crippen molar-refractivity contribution in [3.8, 4) is 0 Å². The number of aromatic nitrogens is 3. The Morgan fingerprint density at radius 1 is 1.06 bits per heavy atom. The lowest BCUT2D eigenvalue weighted by Crippen LogP contribution is -1.77. The minimum atomic E-state index is 0.845. The van der Waals surface area contributed by atoms with Gasteiger partial charge in [0, 0.05) is 17.0 Å². The molecule has 0 fully saturated rings. The number of H-pyrrole nitrogens is 1. The van der Waals surface area contributed by atoms with Crippen LogP contribution in [0.5, 0.6) is 0 Å². The van der Waals surface area contributed by atoms with E-state index in [2.05, 4.69) is 36.9 Å². The van der Waals surface area contributed by atoms with E-state index >= 15 is 0 Å². The average Bonchev–Trinajstić information content (AvgIpc) is 2.69. The maximum atomic E-state index is 4.35. The molecule has 0 saturated carbocycles. The van der Waals surface area contributed by atoms with Crippen LogP contribution in [-0.4, -0.2) is 15.0 Å². The van der Waals surface area contributed by atoms with Crippen LogP contribution < -0.4 is 0 Å².